The predicted molar refractivity (Wildman–Crippen MR) is 97.0 cm³/mol. The molecule has 0 saturated carbocycles. The fraction of sp³-hybridized carbons (Fsp3) is 1.00. The van der Waals surface area contributed by atoms with Crippen LogP contribution < -0.4 is 5.32 Å². The Kier molecular flexibility index (Phi) is 15.8. The third kappa shape index (κ3) is 11.9. The first-order valence-corrected chi connectivity index (χ1v) is 9.70. The van der Waals surface area contributed by atoms with Gasteiger partial charge in [0.15, 0.2) is 0 Å². The van der Waals surface area contributed by atoms with E-state index in [1.54, 1.807) is 0 Å². The molecule has 1 unspecified atom stereocenters. The van der Waals surface area contributed by atoms with Crippen LogP contribution in [0, 0.1) is 0 Å². The van der Waals surface area contributed by atoms with Gasteiger partial charge in [0, 0.05) is 0 Å². The molecule has 0 aliphatic rings. The SMILES string of the molecule is CCCCCCCCCCCCNC(O)[C@H](O)[C@@H](O)[C@H](O)[C@H](O)CO. The summed E-state index contributed by atoms with van der Waals surface area (Å²) in [6.07, 6.45) is 3.90. The second-order valence-corrected chi connectivity index (χ2v) is 6.80. The molecule has 0 rings (SSSR count). The lowest BCUT2D eigenvalue weighted by molar-refractivity contribution is -0.145. The fourth-order valence-corrected chi connectivity index (χ4v) is 2.71. The third-order valence-corrected chi connectivity index (χ3v) is 4.49. The van der Waals surface area contributed by atoms with Crippen LogP contribution in [-0.4, -0.2) is 74.4 Å². The Balaban J connectivity index is 3.64. The predicted octanol–water partition coefficient (Wildman–Crippen LogP) is 0.251. The van der Waals surface area contributed by atoms with Crippen molar-refractivity contribution >= 4 is 0 Å². The van der Waals surface area contributed by atoms with Crippen molar-refractivity contribution in [2.24, 2.45) is 0 Å². The summed E-state index contributed by atoms with van der Waals surface area (Å²) in [4.78, 5) is 0. The number of hydrogen-bond donors (Lipinski definition) is 7. The van der Waals surface area contributed by atoms with Crippen molar-refractivity contribution in [1.82, 2.24) is 5.32 Å². The van der Waals surface area contributed by atoms with Crippen molar-refractivity contribution in [1.29, 1.82) is 0 Å². The maximum Gasteiger partial charge on any atom is 0.133 e. The second kappa shape index (κ2) is 15.9. The van der Waals surface area contributed by atoms with E-state index in [9.17, 15) is 25.5 Å². The highest BCUT2D eigenvalue weighted by Crippen LogP contribution is 2.11. The van der Waals surface area contributed by atoms with Crippen molar-refractivity contribution in [3.8, 4) is 0 Å². The number of rotatable bonds is 17. The van der Waals surface area contributed by atoms with E-state index >= 15 is 0 Å². The van der Waals surface area contributed by atoms with Crippen molar-refractivity contribution in [3.05, 3.63) is 0 Å². The third-order valence-electron chi connectivity index (χ3n) is 4.49. The van der Waals surface area contributed by atoms with Crippen LogP contribution in [0.15, 0.2) is 0 Å². The van der Waals surface area contributed by atoms with Crippen LogP contribution in [0.25, 0.3) is 0 Å². The van der Waals surface area contributed by atoms with Gasteiger partial charge in [-0.2, -0.15) is 0 Å². The largest absolute Gasteiger partial charge is 0.394 e. The second-order valence-electron chi connectivity index (χ2n) is 6.80. The molecule has 0 heterocycles. The maximum atomic E-state index is 9.76. The van der Waals surface area contributed by atoms with Crippen LogP contribution in [0.2, 0.25) is 0 Å². The van der Waals surface area contributed by atoms with Crippen molar-refractivity contribution in [2.75, 3.05) is 13.2 Å². The van der Waals surface area contributed by atoms with Crippen LogP contribution in [-0.2, 0) is 0 Å². The normalized spacial score (nSPS) is 17.9. The van der Waals surface area contributed by atoms with E-state index in [0.717, 1.165) is 19.3 Å². The van der Waals surface area contributed by atoms with Gasteiger partial charge in [0.2, 0.25) is 0 Å². The van der Waals surface area contributed by atoms with Gasteiger partial charge in [-0.05, 0) is 13.0 Å². The minimum absolute atomic E-state index is 0.486. The first kappa shape index (κ1) is 24.7. The molecule has 0 bridgehead atoms. The molecule has 0 saturated heterocycles. The molecule has 0 spiro atoms. The number of aliphatic hydroxyl groups excluding tert-OH is 6. The minimum Gasteiger partial charge on any atom is -0.394 e. The van der Waals surface area contributed by atoms with E-state index in [1.165, 1.54) is 44.9 Å². The number of aliphatic hydroxyl groups is 6. The minimum atomic E-state index is -1.75. The van der Waals surface area contributed by atoms with E-state index in [2.05, 4.69) is 12.2 Å². The standard InChI is InChI=1S/C18H39NO6/c1-2-3-4-5-6-7-8-9-10-11-12-19-18(25)17(24)16(23)15(22)14(21)13-20/h14-25H,2-13H2,1H3/t14-,15-,16+,17-,18?/m1/s1. The van der Waals surface area contributed by atoms with Gasteiger partial charge in [0.1, 0.15) is 30.6 Å². The first-order chi connectivity index (χ1) is 12.0. The maximum absolute atomic E-state index is 9.76. The molecule has 0 fully saturated rings. The lowest BCUT2D eigenvalue weighted by Gasteiger charge is -2.28. The summed E-state index contributed by atoms with van der Waals surface area (Å²) in [5, 5.41) is 59.3. The first-order valence-electron chi connectivity index (χ1n) is 9.70. The fourth-order valence-electron chi connectivity index (χ4n) is 2.71. The highest BCUT2D eigenvalue weighted by Gasteiger charge is 2.33. The monoisotopic (exact) mass is 365 g/mol. The van der Waals surface area contributed by atoms with E-state index in [-0.39, 0.29) is 0 Å². The number of unbranched alkanes of at least 4 members (excludes halogenated alkanes) is 9. The highest BCUT2D eigenvalue weighted by molar-refractivity contribution is 4.83. The van der Waals surface area contributed by atoms with Crippen LogP contribution in [0.5, 0.6) is 0 Å². The zero-order valence-electron chi connectivity index (χ0n) is 15.6. The number of hydrogen-bond acceptors (Lipinski definition) is 7. The van der Waals surface area contributed by atoms with Gasteiger partial charge >= 0.3 is 0 Å². The molecule has 152 valence electrons. The smallest absolute Gasteiger partial charge is 0.133 e. The molecule has 0 aliphatic heterocycles. The molecular formula is C18H39NO6. The van der Waals surface area contributed by atoms with Crippen LogP contribution in [0.1, 0.15) is 71.1 Å². The van der Waals surface area contributed by atoms with Gasteiger partial charge in [0.25, 0.3) is 0 Å². The Morgan fingerprint density at radius 1 is 0.640 bits per heavy atom. The van der Waals surface area contributed by atoms with Gasteiger partial charge in [0.05, 0.1) is 6.61 Å². The quantitative estimate of drug-likeness (QED) is 0.145. The molecule has 0 aromatic rings. The average Bonchev–Trinajstić information content (AvgIpc) is 2.63. The Morgan fingerprint density at radius 2 is 1.12 bits per heavy atom. The zero-order chi connectivity index (χ0) is 19.1. The molecule has 0 aromatic heterocycles. The molecule has 7 nitrogen and oxygen atoms in total. The summed E-state index contributed by atoms with van der Waals surface area (Å²) < 4.78 is 0. The molecule has 0 aliphatic carbocycles. The number of nitrogens with one attached hydrogen (secondary N) is 1. The molecule has 25 heavy (non-hydrogen) atoms. The molecule has 0 radical (unpaired) electrons. The summed E-state index contributed by atoms with van der Waals surface area (Å²) in [6, 6.07) is 0. The molecule has 7 heteroatoms. The van der Waals surface area contributed by atoms with Gasteiger partial charge in [-0.25, -0.2) is 0 Å². The Hall–Kier alpha value is -0.280. The lowest BCUT2D eigenvalue weighted by atomic mass is 10.0. The molecule has 5 atom stereocenters. The van der Waals surface area contributed by atoms with E-state index in [0.29, 0.717) is 6.54 Å². The summed E-state index contributed by atoms with van der Waals surface area (Å²) >= 11 is 0. The lowest BCUT2D eigenvalue weighted by Crippen LogP contribution is -2.53. The molecule has 7 N–H and O–H groups in total. The van der Waals surface area contributed by atoms with Gasteiger partial charge in [-0.1, -0.05) is 64.7 Å². The van der Waals surface area contributed by atoms with Crippen molar-refractivity contribution < 1.29 is 30.6 Å². The van der Waals surface area contributed by atoms with Gasteiger partial charge in [-0.3, -0.25) is 5.32 Å². The molecule has 0 aromatic carbocycles. The molecule has 0 amide bonds. The van der Waals surface area contributed by atoms with Crippen LogP contribution in [0.4, 0.5) is 0 Å². The van der Waals surface area contributed by atoms with Crippen LogP contribution >= 0.6 is 0 Å². The Morgan fingerprint density at radius 3 is 1.60 bits per heavy atom. The average molecular weight is 366 g/mol. The summed E-state index contributed by atoms with van der Waals surface area (Å²) in [5.41, 5.74) is 0. The van der Waals surface area contributed by atoms with Crippen LogP contribution in [0.3, 0.4) is 0 Å². The van der Waals surface area contributed by atoms with Crippen molar-refractivity contribution in [2.45, 2.75) is 102 Å². The topological polar surface area (TPSA) is 133 Å². The zero-order valence-corrected chi connectivity index (χ0v) is 15.6. The summed E-state index contributed by atoms with van der Waals surface area (Å²) in [7, 11) is 0. The Bertz CT molecular complexity index is 295. The molecular weight excluding hydrogens is 326 g/mol. The van der Waals surface area contributed by atoms with E-state index in [4.69, 9.17) is 5.11 Å². The van der Waals surface area contributed by atoms with Gasteiger partial charge < -0.3 is 30.6 Å². The Labute approximate surface area is 151 Å². The van der Waals surface area contributed by atoms with Crippen molar-refractivity contribution in [3.63, 3.8) is 0 Å². The summed E-state index contributed by atoms with van der Waals surface area (Å²) in [6.45, 7) is 1.96. The van der Waals surface area contributed by atoms with E-state index < -0.39 is 37.3 Å². The highest BCUT2D eigenvalue weighted by atomic mass is 16.4. The van der Waals surface area contributed by atoms with E-state index in [1.807, 2.05) is 0 Å². The van der Waals surface area contributed by atoms with Gasteiger partial charge in [-0.15, -0.1) is 0 Å². The summed E-state index contributed by atoms with van der Waals surface area (Å²) in [5.74, 6) is 0.